The number of rotatable bonds is 3. The molecule has 0 spiro atoms. The number of fused-ring (bicyclic) bond motifs is 1. The van der Waals surface area contributed by atoms with Crippen molar-refractivity contribution < 1.29 is 28.8 Å². The Morgan fingerprint density at radius 2 is 2.12 bits per heavy atom. The number of nitrogens with one attached hydrogen (secondary N) is 1. The molecule has 7 nitrogen and oxygen atoms in total. The van der Waals surface area contributed by atoms with Gasteiger partial charge in [0.2, 0.25) is 12.2 Å². The van der Waals surface area contributed by atoms with E-state index in [1.165, 1.54) is 6.92 Å². The summed E-state index contributed by atoms with van der Waals surface area (Å²) in [4.78, 5) is 11.6. The standard InChI is InChI=1S/C17H22ClNO6/c1-9(20)19-13-14(21)15-12(8-22-17(2,3)25-15)24-16(13)23-11-7-5-4-6-10(11)18/h4-7,12-16,21H,8H2,1-3H3,(H,19,20)/t12-,13+,14-,15+,16+/m1/s1. The van der Waals surface area contributed by atoms with Crippen molar-refractivity contribution in [2.75, 3.05) is 6.61 Å². The Morgan fingerprint density at radius 1 is 1.40 bits per heavy atom. The molecular weight excluding hydrogens is 350 g/mol. The van der Waals surface area contributed by atoms with Gasteiger partial charge in [0.05, 0.1) is 11.6 Å². The molecule has 1 aromatic carbocycles. The number of aliphatic hydroxyl groups excluding tert-OH is 1. The summed E-state index contributed by atoms with van der Waals surface area (Å²) < 4.78 is 23.1. The third kappa shape index (κ3) is 4.07. The molecule has 5 atom stereocenters. The van der Waals surface area contributed by atoms with Crippen LogP contribution in [0.15, 0.2) is 24.3 Å². The first-order valence-corrected chi connectivity index (χ1v) is 8.48. The van der Waals surface area contributed by atoms with E-state index < -0.39 is 36.4 Å². The third-order valence-corrected chi connectivity index (χ3v) is 4.45. The zero-order valence-electron chi connectivity index (χ0n) is 14.3. The number of benzene rings is 1. The number of hydrogen-bond donors (Lipinski definition) is 2. The van der Waals surface area contributed by atoms with Crippen LogP contribution in [0.25, 0.3) is 0 Å². The van der Waals surface area contributed by atoms with E-state index in [9.17, 15) is 9.90 Å². The molecule has 0 unspecified atom stereocenters. The van der Waals surface area contributed by atoms with Gasteiger partial charge in [-0.1, -0.05) is 23.7 Å². The molecule has 0 aromatic heterocycles. The molecule has 2 heterocycles. The number of aliphatic hydroxyl groups is 1. The van der Waals surface area contributed by atoms with Crippen LogP contribution >= 0.6 is 11.6 Å². The number of halogens is 1. The van der Waals surface area contributed by atoms with E-state index in [4.69, 9.17) is 30.5 Å². The highest BCUT2D eigenvalue weighted by molar-refractivity contribution is 6.32. The van der Waals surface area contributed by atoms with Gasteiger partial charge in [0.25, 0.3) is 0 Å². The van der Waals surface area contributed by atoms with Gasteiger partial charge < -0.3 is 29.4 Å². The normalized spacial score (nSPS) is 34.0. The molecule has 3 rings (SSSR count). The van der Waals surface area contributed by atoms with Crippen LogP contribution in [0.4, 0.5) is 0 Å². The molecule has 0 bridgehead atoms. The number of para-hydroxylation sites is 1. The highest BCUT2D eigenvalue weighted by atomic mass is 35.5. The number of amides is 1. The summed E-state index contributed by atoms with van der Waals surface area (Å²) in [6.07, 6.45) is -3.14. The second kappa shape index (κ2) is 7.09. The van der Waals surface area contributed by atoms with Gasteiger partial charge in [-0.2, -0.15) is 0 Å². The zero-order chi connectivity index (χ0) is 18.2. The summed E-state index contributed by atoms with van der Waals surface area (Å²) in [6.45, 7) is 5.12. The van der Waals surface area contributed by atoms with Gasteiger partial charge in [-0.3, -0.25) is 4.79 Å². The van der Waals surface area contributed by atoms with E-state index in [0.717, 1.165) is 0 Å². The fraction of sp³-hybridized carbons (Fsp3) is 0.588. The van der Waals surface area contributed by atoms with Crippen LogP contribution in [0.1, 0.15) is 20.8 Å². The first-order chi connectivity index (χ1) is 11.8. The van der Waals surface area contributed by atoms with Crippen LogP contribution in [0.5, 0.6) is 5.75 Å². The molecule has 0 radical (unpaired) electrons. The first-order valence-electron chi connectivity index (χ1n) is 8.10. The van der Waals surface area contributed by atoms with E-state index in [1.54, 1.807) is 38.1 Å². The van der Waals surface area contributed by atoms with Crippen molar-refractivity contribution in [3.05, 3.63) is 29.3 Å². The van der Waals surface area contributed by atoms with Crippen molar-refractivity contribution in [2.24, 2.45) is 0 Å². The van der Waals surface area contributed by atoms with E-state index in [0.29, 0.717) is 10.8 Å². The molecule has 8 heteroatoms. The Labute approximate surface area is 151 Å². The van der Waals surface area contributed by atoms with E-state index in [2.05, 4.69) is 5.32 Å². The Bertz CT molecular complexity index is 639. The van der Waals surface area contributed by atoms with Gasteiger partial charge in [0, 0.05) is 6.92 Å². The number of ether oxygens (including phenoxy) is 4. The van der Waals surface area contributed by atoms with Crippen LogP contribution in [0, 0.1) is 0 Å². The highest BCUT2D eigenvalue weighted by Gasteiger charge is 2.52. The Hall–Kier alpha value is -1.38. The summed E-state index contributed by atoms with van der Waals surface area (Å²) in [6, 6.07) is 6.10. The van der Waals surface area contributed by atoms with Crippen LogP contribution in [0.2, 0.25) is 5.02 Å². The molecule has 138 valence electrons. The molecule has 2 N–H and O–H groups in total. The zero-order valence-corrected chi connectivity index (χ0v) is 15.0. The molecule has 0 saturated carbocycles. The van der Waals surface area contributed by atoms with Crippen molar-refractivity contribution in [1.82, 2.24) is 5.32 Å². The second-order valence-electron chi connectivity index (χ2n) is 6.60. The van der Waals surface area contributed by atoms with E-state index >= 15 is 0 Å². The minimum absolute atomic E-state index is 0.240. The van der Waals surface area contributed by atoms with Crippen LogP contribution in [-0.4, -0.2) is 54.1 Å². The predicted octanol–water partition coefficient (Wildman–Crippen LogP) is 1.46. The Balaban J connectivity index is 1.83. The largest absolute Gasteiger partial charge is 0.461 e. The summed E-state index contributed by atoms with van der Waals surface area (Å²) in [5.41, 5.74) is 0. The average molecular weight is 372 g/mol. The summed E-state index contributed by atoms with van der Waals surface area (Å²) >= 11 is 6.13. The van der Waals surface area contributed by atoms with Crippen molar-refractivity contribution >= 4 is 17.5 Å². The third-order valence-electron chi connectivity index (χ3n) is 4.14. The lowest BCUT2D eigenvalue weighted by Crippen LogP contribution is -2.69. The molecule has 25 heavy (non-hydrogen) atoms. The molecule has 0 aliphatic carbocycles. The van der Waals surface area contributed by atoms with E-state index in [-0.39, 0.29) is 12.5 Å². The maximum Gasteiger partial charge on any atom is 0.223 e. The molecule has 2 aliphatic heterocycles. The Morgan fingerprint density at radius 3 is 2.80 bits per heavy atom. The Kier molecular flexibility index (Phi) is 5.22. The average Bonchev–Trinajstić information content (AvgIpc) is 2.53. The minimum atomic E-state index is -1.03. The van der Waals surface area contributed by atoms with E-state index in [1.807, 2.05) is 0 Å². The molecule has 2 aliphatic rings. The molecular formula is C17H22ClNO6. The summed E-state index contributed by atoms with van der Waals surface area (Å²) in [5.74, 6) is -0.763. The quantitative estimate of drug-likeness (QED) is 0.836. The molecule has 2 fully saturated rings. The fourth-order valence-corrected chi connectivity index (χ4v) is 3.18. The number of carbonyl (C=O) groups is 1. The van der Waals surface area contributed by atoms with Crippen molar-refractivity contribution in [3.8, 4) is 5.75 Å². The second-order valence-corrected chi connectivity index (χ2v) is 7.01. The smallest absolute Gasteiger partial charge is 0.223 e. The van der Waals surface area contributed by atoms with Crippen molar-refractivity contribution in [2.45, 2.75) is 57.2 Å². The van der Waals surface area contributed by atoms with Gasteiger partial charge in [0.1, 0.15) is 30.1 Å². The molecule has 1 amide bonds. The lowest BCUT2D eigenvalue weighted by Gasteiger charge is -2.49. The fourth-order valence-electron chi connectivity index (χ4n) is 3.00. The highest BCUT2D eigenvalue weighted by Crippen LogP contribution is 2.34. The lowest BCUT2D eigenvalue weighted by molar-refractivity contribution is -0.361. The first kappa shape index (κ1) is 18.4. The van der Waals surface area contributed by atoms with Gasteiger partial charge >= 0.3 is 0 Å². The minimum Gasteiger partial charge on any atom is -0.461 e. The maximum atomic E-state index is 11.6. The van der Waals surface area contributed by atoms with Crippen LogP contribution in [-0.2, 0) is 19.0 Å². The lowest BCUT2D eigenvalue weighted by atomic mass is 9.95. The van der Waals surface area contributed by atoms with Gasteiger partial charge in [0.15, 0.2) is 5.79 Å². The molecule has 1 aromatic rings. The van der Waals surface area contributed by atoms with Gasteiger partial charge in [-0.05, 0) is 26.0 Å². The number of hydrogen-bond acceptors (Lipinski definition) is 6. The maximum absolute atomic E-state index is 11.6. The summed E-state index contributed by atoms with van der Waals surface area (Å²) in [7, 11) is 0. The monoisotopic (exact) mass is 371 g/mol. The predicted molar refractivity (Wildman–Crippen MR) is 89.3 cm³/mol. The van der Waals surface area contributed by atoms with Gasteiger partial charge in [-0.25, -0.2) is 0 Å². The SMILES string of the molecule is CC(=O)N[C@@H]1[C@@H](Oc2ccccc2Cl)O[C@@H]2COC(C)(C)O[C@@H]2[C@@H]1O. The van der Waals surface area contributed by atoms with Crippen LogP contribution < -0.4 is 10.1 Å². The number of carbonyl (C=O) groups excluding carboxylic acids is 1. The topological polar surface area (TPSA) is 86.3 Å². The van der Waals surface area contributed by atoms with Crippen LogP contribution in [0.3, 0.4) is 0 Å². The summed E-state index contributed by atoms with van der Waals surface area (Å²) in [5, 5.41) is 13.9. The molecule has 2 saturated heterocycles. The van der Waals surface area contributed by atoms with Crippen molar-refractivity contribution in [3.63, 3.8) is 0 Å². The van der Waals surface area contributed by atoms with Gasteiger partial charge in [-0.15, -0.1) is 0 Å². The van der Waals surface area contributed by atoms with Crippen molar-refractivity contribution in [1.29, 1.82) is 0 Å².